The molecule has 0 fully saturated rings. The number of carbonyl (C=O) groups excluding carboxylic acids is 1. The van der Waals surface area contributed by atoms with Crippen molar-refractivity contribution in [1.29, 1.82) is 0 Å². The van der Waals surface area contributed by atoms with Gasteiger partial charge in [-0.25, -0.2) is 0 Å². The fourth-order valence-corrected chi connectivity index (χ4v) is 1.14. The monoisotopic (exact) mass is 118 g/mol. The molecule has 0 saturated carbocycles. The molecule has 0 saturated heterocycles. The Labute approximate surface area is 53.3 Å². The van der Waals surface area contributed by atoms with Crippen LogP contribution in [-0.2, 0) is 6.42 Å². The van der Waals surface area contributed by atoms with E-state index in [-0.39, 0.29) is 5.78 Å². The van der Waals surface area contributed by atoms with Gasteiger partial charge in [0.1, 0.15) is 0 Å². The molecule has 1 aromatic carbocycles. The predicted molar refractivity (Wildman–Crippen MR) is 34.5 cm³/mol. The van der Waals surface area contributed by atoms with Crippen LogP contribution in [0.1, 0.15) is 15.9 Å². The largest absolute Gasteiger partial charge is 0.294 e. The number of rotatable bonds is 0. The van der Waals surface area contributed by atoms with Gasteiger partial charge in [-0.3, -0.25) is 4.79 Å². The minimum Gasteiger partial charge on any atom is -0.294 e. The first-order valence-electron chi connectivity index (χ1n) is 2.98. The Morgan fingerprint density at radius 1 is 1.33 bits per heavy atom. The van der Waals surface area contributed by atoms with Crippen molar-refractivity contribution in [3.05, 3.63) is 35.4 Å². The summed E-state index contributed by atoms with van der Waals surface area (Å²) in [6.45, 7) is 0. The van der Waals surface area contributed by atoms with E-state index in [2.05, 4.69) is 0 Å². The molecule has 1 aliphatic rings. The summed E-state index contributed by atoms with van der Waals surface area (Å²) >= 11 is 0. The summed E-state index contributed by atoms with van der Waals surface area (Å²) in [4.78, 5) is 10.9. The van der Waals surface area contributed by atoms with E-state index < -0.39 is 0 Å². The Morgan fingerprint density at radius 2 is 2.22 bits per heavy atom. The summed E-state index contributed by atoms with van der Waals surface area (Å²) in [6, 6.07) is 7.71. The van der Waals surface area contributed by atoms with E-state index in [1.165, 1.54) is 0 Å². The molecule has 1 aromatic rings. The molecule has 1 nitrogen and oxygen atoms in total. The van der Waals surface area contributed by atoms with Gasteiger partial charge < -0.3 is 0 Å². The third kappa shape index (κ3) is 0.578. The fraction of sp³-hybridized carbons (Fsp3) is 0.125. The smallest absolute Gasteiger partial charge is 0.167 e. The molecule has 0 atom stereocenters. The van der Waals surface area contributed by atoms with Gasteiger partial charge in [0.15, 0.2) is 5.78 Å². The van der Waals surface area contributed by atoms with E-state index in [0.29, 0.717) is 6.42 Å². The van der Waals surface area contributed by atoms with Crippen molar-refractivity contribution in [2.24, 2.45) is 0 Å². The van der Waals surface area contributed by atoms with Gasteiger partial charge in [0.05, 0.1) is 0 Å². The van der Waals surface area contributed by atoms with Gasteiger partial charge >= 0.3 is 0 Å². The summed E-state index contributed by atoms with van der Waals surface area (Å²) in [7, 11) is 0. The van der Waals surface area contributed by atoms with Crippen LogP contribution < -0.4 is 0 Å². The molecular formula is C8H6O. The van der Waals surface area contributed by atoms with E-state index in [0.717, 1.165) is 11.1 Å². The SMILES string of the molecule is O=C1Cc2cccc1c2. The lowest BCUT2D eigenvalue weighted by Gasteiger charge is -1.81. The number of Topliss-reactive ketones (excluding diaryl/α,β-unsaturated/α-hetero) is 1. The summed E-state index contributed by atoms with van der Waals surface area (Å²) < 4.78 is 0. The van der Waals surface area contributed by atoms with Crippen LogP contribution in [0.25, 0.3) is 0 Å². The van der Waals surface area contributed by atoms with Crippen LogP contribution in [0.15, 0.2) is 24.3 Å². The quantitative estimate of drug-likeness (QED) is 0.503. The summed E-state index contributed by atoms with van der Waals surface area (Å²) in [5, 5.41) is 0. The zero-order valence-corrected chi connectivity index (χ0v) is 4.92. The molecule has 0 heterocycles. The first kappa shape index (κ1) is 4.74. The molecule has 44 valence electrons. The zero-order chi connectivity index (χ0) is 6.27. The lowest BCUT2D eigenvalue weighted by atomic mass is 10.2. The van der Waals surface area contributed by atoms with Gasteiger partial charge in [0.25, 0.3) is 0 Å². The van der Waals surface area contributed by atoms with Crippen LogP contribution in [0.2, 0.25) is 0 Å². The molecule has 0 aromatic heterocycles. The van der Waals surface area contributed by atoms with E-state index >= 15 is 0 Å². The minimum absolute atomic E-state index is 0.259. The van der Waals surface area contributed by atoms with E-state index in [9.17, 15) is 4.79 Å². The lowest BCUT2D eigenvalue weighted by molar-refractivity contribution is 0.1000. The van der Waals surface area contributed by atoms with Gasteiger partial charge in [-0.2, -0.15) is 0 Å². The second-order valence-corrected chi connectivity index (χ2v) is 2.30. The second-order valence-electron chi connectivity index (χ2n) is 2.30. The molecule has 0 radical (unpaired) electrons. The Bertz CT molecular complexity index is 263. The van der Waals surface area contributed by atoms with Gasteiger partial charge in [-0.05, 0) is 11.6 Å². The molecule has 0 N–H and O–H groups in total. The average Bonchev–Trinajstić information content (AvgIpc) is 2.09. The maximum absolute atomic E-state index is 10.9. The highest BCUT2D eigenvalue weighted by atomic mass is 16.1. The fourth-order valence-electron chi connectivity index (χ4n) is 1.14. The van der Waals surface area contributed by atoms with Crippen molar-refractivity contribution in [2.45, 2.75) is 6.42 Å². The molecule has 1 heteroatoms. The van der Waals surface area contributed by atoms with E-state index in [4.69, 9.17) is 0 Å². The molecule has 2 rings (SSSR count). The number of ketones is 1. The summed E-state index contributed by atoms with van der Waals surface area (Å²) in [5.74, 6) is 0.259. The molecule has 0 spiro atoms. The van der Waals surface area contributed by atoms with Crippen molar-refractivity contribution in [2.75, 3.05) is 0 Å². The first-order valence-corrected chi connectivity index (χ1v) is 2.98. The Balaban J connectivity index is 2.69. The Morgan fingerprint density at radius 3 is 2.89 bits per heavy atom. The van der Waals surface area contributed by atoms with Crippen molar-refractivity contribution >= 4 is 5.78 Å². The second kappa shape index (κ2) is 1.44. The van der Waals surface area contributed by atoms with Gasteiger partial charge in [0, 0.05) is 12.0 Å². The van der Waals surface area contributed by atoms with E-state index in [1.807, 2.05) is 24.3 Å². The topological polar surface area (TPSA) is 17.1 Å². The Hall–Kier alpha value is -1.11. The predicted octanol–water partition coefficient (Wildman–Crippen LogP) is 1.43. The molecule has 1 aliphatic carbocycles. The van der Waals surface area contributed by atoms with Gasteiger partial charge in [-0.15, -0.1) is 0 Å². The zero-order valence-electron chi connectivity index (χ0n) is 4.92. The summed E-state index contributed by atoms with van der Waals surface area (Å²) in [5.41, 5.74) is 2.02. The highest BCUT2D eigenvalue weighted by Gasteiger charge is 2.13. The third-order valence-electron chi connectivity index (χ3n) is 1.61. The number of fused-ring (bicyclic) bond motifs is 2. The van der Waals surface area contributed by atoms with Crippen LogP contribution in [-0.4, -0.2) is 5.78 Å². The van der Waals surface area contributed by atoms with Crippen LogP contribution in [0, 0.1) is 0 Å². The lowest BCUT2D eigenvalue weighted by Crippen LogP contribution is -1.91. The van der Waals surface area contributed by atoms with E-state index in [1.54, 1.807) is 0 Å². The number of benzene rings is 1. The number of hydrogen-bond donors (Lipinski definition) is 0. The normalized spacial score (nSPS) is 14.4. The minimum atomic E-state index is 0.259. The number of hydrogen-bond acceptors (Lipinski definition) is 1. The Kier molecular flexibility index (Phi) is 0.758. The standard InChI is InChI=1S/C8H6O/c9-8-5-6-2-1-3-7(8)4-6/h1-4H,5H2. The molecule has 0 unspecified atom stereocenters. The van der Waals surface area contributed by atoms with Gasteiger partial charge in [0.2, 0.25) is 0 Å². The van der Waals surface area contributed by atoms with Gasteiger partial charge in [-0.1, -0.05) is 18.2 Å². The van der Waals surface area contributed by atoms with Crippen LogP contribution >= 0.6 is 0 Å². The van der Waals surface area contributed by atoms with Crippen LogP contribution in [0.4, 0.5) is 0 Å². The highest BCUT2D eigenvalue weighted by molar-refractivity contribution is 6.00. The summed E-state index contributed by atoms with van der Waals surface area (Å²) in [6.07, 6.45) is 0.613. The maximum atomic E-state index is 10.9. The maximum Gasteiger partial charge on any atom is 0.167 e. The molecular weight excluding hydrogens is 112 g/mol. The van der Waals surface area contributed by atoms with Crippen molar-refractivity contribution in [3.8, 4) is 0 Å². The van der Waals surface area contributed by atoms with Crippen molar-refractivity contribution < 1.29 is 4.79 Å². The first-order chi connectivity index (χ1) is 4.36. The third-order valence-corrected chi connectivity index (χ3v) is 1.61. The molecule has 2 bridgehead atoms. The van der Waals surface area contributed by atoms with Crippen molar-refractivity contribution in [3.63, 3.8) is 0 Å². The molecule has 9 heavy (non-hydrogen) atoms. The molecule has 0 aliphatic heterocycles. The number of carbonyl (C=O) groups is 1. The highest BCUT2D eigenvalue weighted by Crippen LogP contribution is 2.15. The molecule has 0 amide bonds. The van der Waals surface area contributed by atoms with Crippen molar-refractivity contribution in [1.82, 2.24) is 0 Å². The van der Waals surface area contributed by atoms with Crippen LogP contribution in [0.3, 0.4) is 0 Å². The average molecular weight is 118 g/mol. The van der Waals surface area contributed by atoms with Crippen LogP contribution in [0.5, 0.6) is 0 Å².